The van der Waals surface area contributed by atoms with Crippen molar-refractivity contribution in [3.63, 3.8) is 0 Å². The third-order valence-electron chi connectivity index (χ3n) is 7.16. The topological polar surface area (TPSA) is 49.3 Å². The molecule has 0 amide bonds. The van der Waals surface area contributed by atoms with Crippen LogP contribution in [0.3, 0.4) is 0 Å². The highest BCUT2D eigenvalue weighted by molar-refractivity contribution is 14.0. The molecule has 0 aromatic rings. The first-order valence-electron chi connectivity index (χ1n) is 10.6. The van der Waals surface area contributed by atoms with Crippen molar-refractivity contribution in [1.29, 1.82) is 0 Å². The van der Waals surface area contributed by atoms with Crippen molar-refractivity contribution in [2.75, 3.05) is 59.6 Å². The second-order valence-electron chi connectivity index (χ2n) is 8.53. The predicted octanol–water partition coefficient (Wildman–Crippen LogP) is 2.18. The minimum Gasteiger partial charge on any atom is -0.381 e. The van der Waals surface area contributed by atoms with E-state index in [2.05, 4.69) is 27.0 Å². The molecular weight excluding hydrogens is 455 g/mol. The number of halogens is 1. The van der Waals surface area contributed by atoms with Crippen molar-refractivity contribution in [3.8, 4) is 0 Å². The maximum absolute atomic E-state index is 5.99. The lowest BCUT2D eigenvalue weighted by molar-refractivity contribution is -0.169. The Labute approximate surface area is 181 Å². The summed E-state index contributed by atoms with van der Waals surface area (Å²) < 4.78 is 11.5. The second-order valence-corrected chi connectivity index (χ2v) is 8.53. The van der Waals surface area contributed by atoms with Crippen LogP contribution >= 0.6 is 24.0 Å². The van der Waals surface area contributed by atoms with Crippen LogP contribution in [-0.4, -0.2) is 87.5 Å². The summed E-state index contributed by atoms with van der Waals surface area (Å²) in [5, 5.41) is 3.80. The molecule has 2 aliphatic heterocycles. The Kier molecular flexibility index (Phi) is 7.66. The number of ether oxygens (including phenoxy) is 2. The van der Waals surface area contributed by atoms with E-state index < -0.39 is 0 Å². The summed E-state index contributed by atoms with van der Waals surface area (Å²) in [5.74, 6) is 1.84. The quantitative estimate of drug-likeness (QED) is 0.362. The van der Waals surface area contributed by atoms with E-state index in [9.17, 15) is 0 Å². The minimum absolute atomic E-state index is 0. The number of piperazine rings is 1. The van der Waals surface area contributed by atoms with Crippen LogP contribution in [0.15, 0.2) is 4.99 Å². The van der Waals surface area contributed by atoms with Crippen LogP contribution in [0, 0.1) is 11.3 Å². The molecule has 4 fully saturated rings. The molecule has 1 N–H and O–H groups in total. The molecule has 3 atom stereocenters. The van der Waals surface area contributed by atoms with Gasteiger partial charge in [0.1, 0.15) is 0 Å². The number of rotatable bonds is 5. The van der Waals surface area contributed by atoms with Gasteiger partial charge in [0.2, 0.25) is 0 Å². The minimum atomic E-state index is 0. The van der Waals surface area contributed by atoms with Crippen molar-refractivity contribution in [2.45, 2.75) is 51.2 Å². The van der Waals surface area contributed by atoms with E-state index in [1.54, 1.807) is 0 Å². The molecule has 156 valence electrons. The van der Waals surface area contributed by atoms with E-state index in [1.165, 1.54) is 32.2 Å². The molecule has 7 heteroatoms. The zero-order valence-corrected chi connectivity index (χ0v) is 19.3. The highest BCUT2D eigenvalue weighted by Crippen LogP contribution is 2.57. The first kappa shape index (κ1) is 21.6. The van der Waals surface area contributed by atoms with Crippen LogP contribution in [-0.2, 0) is 9.47 Å². The molecular formula is C20H37IN4O2. The molecule has 2 saturated carbocycles. The molecule has 4 aliphatic rings. The summed E-state index contributed by atoms with van der Waals surface area (Å²) in [6.45, 7) is 10.5. The lowest BCUT2D eigenvalue weighted by atomic mass is 9.51. The summed E-state index contributed by atoms with van der Waals surface area (Å²) in [6.07, 6.45) is 6.79. The van der Waals surface area contributed by atoms with Crippen molar-refractivity contribution in [2.24, 2.45) is 16.3 Å². The molecule has 2 heterocycles. The molecule has 3 unspecified atom stereocenters. The average molecular weight is 492 g/mol. The second kappa shape index (κ2) is 9.59. The van der Waals surface area contributed by atoms with Gasteiger partial charge in [-0.2, -0.15) is 0 Å². The third-order valence-corrected chi connectivity index (χ3v) is 7.16. The molecule has 1 spiro atoms. The smallest absolute Gasteiger partial charge is 0.193 e. The van der Waals surface area contributed by atoms with Gasteiger partial charge in [-0.15, -0.1) is 24.0 Å². The van der Waals surface area contributed by atoms with Gasteiger partial charge >= 0.3 is 0 Å². The van der Waals surface area contributed by atoms with Crippen LogP contribution in [0.25, 0.3) is 0 Å². The number of nitrogens with zero attached hydrogens (tertiary/aromatic N) is 3. The number of aliphatic imine (C=N–C) groups is 1. The fourth-order valence-electron chi connectivity index (χ4n) is 5.33. The van der Waals surface area contributed by atoms with E-state index in [4.69, 9.17) is 9.47 Å². The predicted molar refractivity (Wildman–Crippen MR) is 119 cm³/mol. The Bertz CT molecular complexity index is 500. The monoisotopic (exact) mass is 492 g/mol. The third kappa shape index (κ3) is 4.41. The normalized spacial score (nSPS) is 33.3. The van der Waals surface area contributed by atoms with E-state index >= 15 is 0 Å². The Hall–Kier alpha value is -0.120. The Balaban J connectivity index is 0.00000210. The molecule has 0 aromatic heterocycles. The molecule has 2 saturated heterocycles. The maximum atomic E-state index is 5.99. The average Bonchev–Trinajstić information content (AvgIpc) is 3.10. The first-order valence-corrected chi connectivity index (χ1v) is 10.6. The SMILES string of the molecule is CCOC1CC(NC(=NC)N2CCN(CC3CCOC3)CC2)C12CCC2.I. The van der Waals surface area contributed by atoms with Gasteiger partial charge in [0.25, 0.3) is 0 Å². The van der Waals surface area contributed by atoms with Crippen molar-refractivity contribution < 1.29 is 9.47 Å². The molecule has 6 nitrogen and oxygen atoms in total. The first-order chi connectivity index (χ1) is 12.7. The molecule has 4 rings (SSSR count). The standard InChI is InChI=1S/C20H36N4O2.HI/c1-3-26-18-13-17(20(18)6-4-7-20)22-19(21-2)24-10-8-23(9-11-24)14-16-5-12-25-15-16;/h16-18H,3-15H2,1-2H3,(H,21,22);1H. The number of nitrogens with one attached hydrogen (secondary N) is 1. The van der Waals surface area contributed by atoms with Gasteiger partial charge in [0, 0.05) is 64.4 Å². The highest BCUT2D eigenvalue weighted by Gasteiger charge is 2.59. The number of guanidine groups is 1. The van der Waals surface area contributed by atoms with E-state index in [-0.39, 0.29) is 24.0 Å². The van der Waals surface area contributed by atoms with Gasteiger partial charge in [0.15, 0.2) is 5.96 Å². The van der Waals surface area contributed by atoms with Crippen LogP contribution in [0.1, 0.15) is 39.0 Å². The fourth-order valence-corrected chi connectivity index (χ4v) is 5.33. The zero-order valence-electron chi connectivity index (χ0n) is 17.0. The van der Waals surface area contributed by atoms with E-state index in [0.29, 0.717) is 17.6 Å². The lowest BCUT2D eigenvalue weighted by Crippen LogP contribution is -2.69. The molecule has 0 bridgehead atoms. The summed E-state index contributed by atoms with van der Waals surface area (Å²) in [6, 6.07) is 0.542. The zero-order chi connectivity index (χ0) is 18.0. The molecule has 0 radical (unpaired) electrons. The maximum Gasteiger partial charge on any atom is 0.193 e. The van der Waals surface area contributed by atoms with Gasteiger partial charge in [-0.05, 0) is 38.5 Å². The molecule has 2 aliphatic carbocycles. The van der Waals surface area contributed by atoms with Crippen LogP contribution in [0.5, 0.6) is 0 Å². The molecule has 27 heavy (non-hydrogen) atoms. The van der Waals surface area contributed by atoms with Crippen molar-refractivity contribution in [1.82, 2.24) is 15.1 Å². The Morgan fingerprint density at radius 1 is 1.26 bits per heavy atom. The van der Waals surface area contributed by atoms with E-state index in [0.717, 1.165) is 64.3 Å². The molecule has 0 aromatic carbocycles. The van der Waals surface area contributed by atoms with Crippen LogP contribution in [0.4, 0.5) is 0 Å². The summed E-state index contributed by atoms with van der Waals surface area (Å²) in [7, 11) is 1.93. The van der Waals surface area contributed by atoms with Crippen molar-refractivity contribution >= 4 is 29.9 Å². The van der Waals surface area contributed by atoms with Crippen LogP contribution in [0.2, 0.25) is 0 Å². The summed E-state index contributed by atoms with van der Waals surface area (Å²) >= 11 is 0. The largest absolute Gasteiger partial charge is 0.381 e. The summed E-state index contributed by atoms with van der Waals surface area (Å²) in [4.78, 5) is 9.66. The number of hydrogen-bond donors (Lipinski definition) is 1. The van der Waals surface area contributed by atoms with Crippen molar-refractivity contribution in [3.05, 3.63) is 0 Å². The number of hydrogen-bond acceptors (Lipinski definition) is 4. The summed E-state index contributed by atoms with van der Waals surface area (Å²) in [5.41, 5.74) is 0.385. The highest BCUT2D eigenvalue weighted by atomic mass is 127. The van der Waals surface area contributed by atoms with Gasteiger partial charge in [-0.3, -0.25) is 9.89 Å². The van der Waals surface area contributed by atoms with Gasteiger partial charge in [-0.25, -0.2) is 0 Å². The lowest BCUT2D eigenvalue weighted by Gasteiger charge is -2.61. The van der Waals surface area contributed by atoms with Gasteiger partial charge < -0.3 is 19.7 Å². The van der Waals surface area contributed by atoms with E-state index in [1.807, 2.05) is 7.05 Å². The fraction of sp³-hybridized carbons (Fsp3) is 0.950. The Morgan fingerprint density at radius 2 is 2.04 bits per heavy atom. The van der Waals surface area contributed by atoms with Crippen LogP contribution < -0.4 is 5.32 Å². The Morgan fingerprint density at radius 3 is 2.59 bits per heavy atom. The van der Waals surface area contributed by atoms with Gasteiger partial charge in [0.05, 0.1) is 12.7 Å². The van der Waals surface area contributed by atoms with Gasteiger partial charge in [-0.1, -0.05) is 6.42 Å².